The van der Waals surface area contributed by atoms with E-state index in [9.17, 15) is 9.90 Å². The number of rotatable bonds is 8. The lowest BCUT2D eigenvalue weighted by molar-refractivity contribution is 0.0697. The van der Waals surface area contributed by atoms with Crippen molar-refractivity contribution in [1.29, 1.82) is 0 Å². The molecule has 0 radical (unpaired) electrons. The van der Waals surface area contributed by atoms with Crippen molar-refractivity contribution in [1.82, 2.24) is 15.0 Å². The molecule has 2 heterocycles. The normalized spacial score (nSPS) is 10.8. The van der Waals surface area contributed by atoms with Crippen LogP contribution in [0.3, 0.4) is 0 Å². The van der Waals surface area contributed by atoms with Gasteiger partial charge in [-0.25, -0.2) is 14.8 Å². The molecule has 8 nitrogen and oxygen atoms in total. The fraction of sp³-hybridized carbons (Fsp3) is 0.222. The van der Waals surface area contributed by atoms with E-state index in [1.807, 2.05) is 0 Å². The lowest BCUT2D eigenvalue weighted by atomic mass is 10.1. The van der Waals surface area contributed by atoms with Gasteiger partial charge < -0.3 is 20.3 Å². The Morgan fingerprint density at radius 2 is 1.92 bits per heavy atom. The van der Waals surface area contributed by atoms with Crippen molar-refractivity contribution in [2.75, 3.05) is 31.7 Å². The quantitative estimate of drug-likeness (QED) is 0.524. The number of nitrogens with one attached hydrogen (secondary N) is 1. The van der Waals surface area contributed by atoms with Crippen LogP contribution in [0.2, 0.25) is 0 Å². The van der Waals surface area contributed by atoms with Gasteiger partial charge in [-0.2, -0.15) is 0 Å². The first kappa shape index (κ1) is 17.7. The van der Waals surface area contributed by atoms with E-state index in [2.05, 4.69) is 20.3 Å². The molecular weight excluding hydrogens is 336 g/mol. The lowest BCUT2D eigenvalue weighted by Crippen LogP contribution is -2.13. The lowest BCUT2D eigenvalue weighted by Gasteiger charge is -2.11. The van der Waals surface area contributed by atoms with Crippen molar-refractivity contribution in [2.45, 2.75) is 0 Å². The molecule has 0 spiro atoms. The van der Waals surface area contributed by atoms with Crippen LogP contribution in [-0.2, 0) is 4.74 Å². The number of anilines is 1. The van der Waals surface area contributed by atoms with Gasteiger partial charge in [0.2, 0.25) is 0 Å². The fourth-order valence-electron chi connectivity index (χ4n) is 2.43. The number of fused-ring (bicyclic) bond motifs is 1. The zero-order valence-electron chi connectivity index (χ0n) is 13.9. The van der Waals surface area contributed by atoms with Gasteiger partial charge in [0.05, 0.1) is 30.9 Å². The standard InChI is InChI=1S/C18H18N4O4/c23-8-10-26-9-7-20-17-14-11-13(18(24)25)1-2-15(14)21-16(22-17)12-3-5-19-6-4-12/h1-6,11,23H,7-10H2,(H,24,25)(H,20,21,22). The van der Waals surface area contributed by atoms with Crippen LogP contribution in [0.4, 0.5) is 5.82 Å². The summed E-state index contributed by atoms with van der Waals surface area (Å²) in [4.78, 5) is 24.3. The van der Waals surface area contributed by atoms with Crippen LogP contribution in [0.15, 0.2) is 42.7 Å². The molecule has 3 aromatic rings. The molecule has 0 atom stereocenters. The maximum absolute atomic E-state index is 11.3. The van der Waals surface area contributed by atoms with E-state index in [-0.39, 0.29) is 18.8 Å². The highest BCUT2D eigenvalue weighted by molar-refractivity contribution is 5.97. The third-order valence-corrected chi connectivity index (χ3v) is 3.66. The molecule has 8 heteroatoms. The van der Waals surface area contributed by atoms with Crippen LogP contribution in [0.25, 0.3) is 22.3 Å². The summed E-state index contributed by atoms with van der Waals surface area (Å²) in [5, 5.41) is 21.7. The number of nitrogens with zero attached hydrogens (tertiary/aromatic N) is 3. The van der Waals surface area contributed by atoms with E-state index in [4.69, 9.17) is 9.84 Å². The number of aromatic nitrogens is 3. The minimum atomic E-state index is -1.01. The molecule has 3 N–H and O–H groups in total. The molecule has 0 amide bonds. The summed E-state index contributed by atoms with van der Waals surface area (Å²) in [7, 11) is 0. The Bertz CT molecular complexity index is 902. The molecule has 0 saturated carbocycles. The average molecular weight is 354 g/mol. The van der Waals surface area contributed by atoms with Gasteiger partial charge in [0.1, 0.15) is 5.82 Å². The van der Waals surface area contributed by atoms with Crippen molar-refractivity contribution in [3.05, 3.63) is 48.3 Å². The molecule has 0 fully saturated rings. The summed E-state index contributed by atoms with van der Waals surface area (Å²) in [6, 6.07) is 8.34. The third kappa shape index (κ3) is 4.11. The van der Waals surface area contributed by atoms with Crippen LogP contribution in [-0.4, -0.2) is 57.5 Å². The number of hydrogen-bond donors (Lipinski definition) is 3. The zero-order valence-corrected chi connectivity index (χ0v) is 13.9. The van der Waals surface area contributed by atoms with E-state index in [0.29, 0.717) is 35.7 Å². The maximum atomic E-state index is 11.3. The molecular formula is C18H18N4O4. The van der Waals surface area contributed by atoms with Crippen molar-refractivity contribution in [2.24, 2.45) is 0 Å². The summed E-state index contributed by atoms with van der Waals surface area (Å²) in [6.45, 7) is 1.07. The summed E-state index contributed by atoms with van der Waals surface area (Å²) in [5.41, 5.74) is 1.61. The first-order chi connectivity index (χ1) is 12.7. The molecule has 3 rings (SSSR count). The van der Waals surface area contributed by atoms with Gasteiger partial charge in [0, 0.05) is 29.9 Å². The van der Waals surface area contributed by atoms with E-state index in [1.54, 1.807) is 36.7 Å². The van der Waals surface area contributed by atoms with E-state index in [1.165, 1.54) is 6.07 Å². The van der Waals surface area contributed by atoms with Crippen molar-refractivity contribution >= 4 is 22.7 Å². The van der Waals surface area contributed by atoms with E-state index < -0.39 is 5.97 Å². The largest absolute Gasteiger partial charge is 0.478 e. The molecule has 134 valence electrons. The number of carboxylic acid groups (broad SMARTS) is 1. The Morgan fingerprint density at radius 3 is 2.65 bits per heavy atom. The Balaban J connectivity index is 1.98. The first-order valence-electron chi connectivity index (χ1n) is 8.07. The van der Waals surface area contributed by atoms with E-state index in [0.717, 1.165) is 5.56 Å². The number of ether oxygens (including phenoxy) is 1. The third-order valence-electron chi connectivity index (χ3n) is 3.66. The highest BCUT2D eigenvalue weighted by Crippen LogP contribution is 2.25. The topological polar surface area (TPSA) is 117 Å². The molecule has 0 bridgehead atoms. The molecule has 2 aromatic heterocycles. The number of pyridine rings is 1. The van der Waals surface area contributed by atoms with Gasteiger partial charge >= 0.3 is 5.97 Å². The van der Waals surface area contributed by atoms with Crippen molar-refractivity contribution in [3.63, 3.8) is 0 Å². The highest BCUT2D eigenvalue weighted by atomic mass is 16.5. The summed E-state index contributed by atoms with van der Waals surface area (Å²) in [5.74, 6) is 0.0293. The van der Waals surface area contributed by atoms with Crippen LogP contribution in [0, 0.1) is 0 Å². The summed E-state index contributed by atoms with van der Waals surface area (Å²) < 4.78 is 5.24. The van der Waals surface area contributed by atoms with Crippen LogP contribution in [0.5, 0.6) is 0 Å². The minimum Gasteiger partial charge on any atom is -0.478 e. The Kier molecular flexibility index (Phi) is 5.67. The average Bonchev–Trinajstić information content (AvgIpc) is 2.67. The van der Waals surface area contributed by atoms with Crippen LogP contribution in [0.1, 0.15) is 10.4 Å². The zero-order chi connectivity index (χ0) is 18.4. The van der Waals surface area contributed by atoms with Crippen molar-refractivity contribution < 1.29 is 19.7 Å². The second-order valence-electron chi connectivity index (χ2n) is 5.43. The molecule has 0 unspecified atom stereocenters. The number of hydrogen-bond acceptors (Lipinski definition) is 7. The second kappa shape index (κ2) is 8.32. The molecule has 1 aromatic carbocycles. The number of carboxylic acids is 1. The Labute approximate surface area is 149 Å². The molecule has 0 saturated heterocycles. The molecule has 26 heavy (non-hydrogen) atoms. The second-order valence-corrected chi connectivity index (χ2v) is 5.43. The number of benzene rings is 1. The number of aromatic carboxylic acids is 1. The molecule has 0 aliphatic heterocycles. The van der Waals surface area contributed by atoms with E-state index >= 15 is 0 Å². The van der Waals surface area contributed by atoms with Gasteiger partial charge in [0.25, 0.3) is 0 Å². The number of aliphatic hydroxyl groups excluding tert-OH is 1. The predicted molar refractivity (Wildman–Crippen MR) is 96.1 cm³/mol. The predicted octanol–water partition coefficient (Wildman–Crippen LogP) is 1.81. The molecule has 0 aliphatic rings. The maximum Gasteiger partial charge on any atom is 0.335 e. The highest BCUT2D eigenvalue weighted by Gasteiger charge is 2.12. The first-order valence-corrected chi connectivity index (χ1v) is 8.07. The summed E-state index contributed by atoms with van der Waals surface area (Å²) >= 11 is 0. The smallest absolute Gasteiger partial charge is 0.335 e. The van der Waals surface area contributed by atoms with Crippen LogP contribution >= 0.6 is 0 Å². The van der Waals surface area contributed by atoms with Gasteiger partial charge in [-0.3, -0.25) is 4.98 Å². The monoisotopic (exact) mass is 354 g/mol. The van der Waals surface area contributed by atoms with Gasteiger partial charge in [-0.15, -0.1) is 0 Å². The summed E-state index contributed by atoms with van der Waals surface area (Å²) in [6.07, 6.45) is 3.32. The Morgan fingerprint density at radius 1 is 1.12 bits per heavy atom. The van der Waals surface area contributed by atoms with Gasteiger partial charge in [0.15, 0.2) is 5.82 Å². The van der Waals surface area contributed by atoms with Crippen LogP contribution < -0.4 is 5.32 Å². The number of carbonyl (C=O) groups is 1. The SMILES string of the molecule is O=C(O)c1ccc2nc(-c3ccncc3)nc(NCCOCCO)c2c1. The van der Waals surface area contributed by atoms with Gasteiger partial charge in [-0.05, 0) is 30.3 Å². The van der Waals surface area contributed by atoms with Crippen molar-refractivity contribution in [3.8, 4) is 11.4 Å². The number of aliphatic hydroxyl groups is 1. The molecule has 0 aliphatic carbocycles. The fourth-order valence-corrected chi connectivity index (χ4v) is 2.43. The Hall–Kier alpha value is -3.10. The minimum absolute atomic E-state index is 0.0371. The van der Waals surface area contributed by atoms with Gasteiger partial charge in [-0.1, -0.05) is 0 Å².